The fourth-order valence-corrected chi connectivity index (χ4v) is 4.25. The monoisotopic (exact) mass is 368 g/mol. The molecule has 3 aliphatic rings. The van der Waals surface area contributed by atoms with Crippen molar-refractivity contribution in [2.45, 2.75) is 44.7 Å². The summed E-state index contributed by atoms with van der Waals surface area (Å²) in [7, 11) is 0. The third kappa shape index (κ3) is 3.16. The summed E-state index contributed by atoms with van der Waals surface area (Å²) < 4.78 is 12.7. The lowest BCUT2D eigenvalue weighted by Crippen LogP contribution is -2.36. The van der Waals surface area contributed by atoms with E-state index in [-0.39, 0.29) is 5.91 Å². The van der Waals surface area contributed by atoms with Gasteiger partial charge in [-0.2, -0.15) is 5.10 Å². The molecule has 2 aliphatic heterocycles. The lowest BCUT2D eigenvalue weighted by Gasteiger charge is -2.23. The third-order valence-corrected chi connectivity index (χ3v) is 5.64. The highest BCUT2D eigenvalue weighted by molar-refractivity contribution is 5.94. The molecule has 27 heavy (non-hydrogen) atoms. The highest BCUT2D eigenvalue weighted by Crippen LogP contribution is 2.32. The van der Waals surface area contributed by atoms with Crippen LogP contribution in [0.1, 0.15) is 40.2 Å². The first-order valence-corrected chi connectivity index (χ1v) is 9.76. The summed E-state index contributed by atoms with van der Waals surface area (Å²) in [5.41, 5.74) is 4.27. The number of hydrogen-bond acceptors (Lipinski definition) is 5. The number of nitrogens with one attached hydrogen (secondary N) is 2. The van der Waals surface area contributed by atoms with E-state index >= 15 is 0 Å². The quantitative estimate of drug-likeness (QED) is 0.854. The molecule has 0 saturated heterocycles. The minimum absolute atomic E-state index is 0.0299. The van der Waals surface area contributed by atoms with Crippen molar-refractivity contribution in [3.05, 3.63) is 40.7 Å². The Kier molecular flexibility index (Phi) is 4.24. The Morgan fingerprint density at radius 2 is 2.22 bits per heavy atom. The Balaban J connectivity index is 1.22. The largest absolute Gasteiger partial charge is 0.454 e. The molecule has 1 atom stereocenters. The van der Waals surface area contributed by atoms with Crippen molar-refractivity contribution in [3.63, 3.8) is 0 Å². The number of nitrogens with zero attached hydrogens (tertiary/aromatic N) is 2. The smallest absolute Gasteiger partial charge is 0.269 e. The predicted octanol–water partition coefficient (Wildman–Crippen LogP) is 1.43. The Morgan fingerprint density at radius 3 is 3.19 bits per heavy atom. The number of carbonyl (C=O) groups is 1. The molecule has 142 valence electrons. The molecule has 0 radical (unpaired) electrons. The summed E-state index contributed by atoms with van der Waals surface area (Å²) >= 11 is 0. The van der Waals surface area contributed by atoms with Crippen LogP contribution in [0.3, 0.4) is 0 Å². The van der Waals surface area contributed by atoms with E-state index in [9.17, 15) is 4.79 Å². The van der Waals surface area contributed by atoms with Crippen LogP contribution in [0.5, 0.6) is 11.5 Å². The zero-order valence-corrected chi connectivity index (χ0v) is 15.3. The third-order valence-electron chi connectivity index (χ3n) is 5.64. The predicted molar refractivity (Wildman–Crippen MR) is 99.3 cm³/mol. The molecular formula is C20H24N4O3. The normalized spacial score (nSPS) is 20.6. The number of rotatable bonds is 4. The van der Waals surface area contributed by atoms with Crippen LogP contribution in [-0.2, 0) is 25.8 Å². The van der Waals surface area contributed by atoms with Crippen molar-refractivity contribution >= 4 is 5.91 Å². The molecule has 1 aromatic carbocycles. The fourth-order valence-electron chi connectivity index (χ4n) is 4.25. The Morgan fingerprint density at radius 1 is 1.30 bits per heavy atom. The molecule has 0 bridgehead atoms. The van der Waals surface area contributed by atoms with Crippen LogP contribution in [0, 0.1) is 0 Å². The van der Waals surface area contributed by atoms with Gasteiger partial charge in [0.1, 0.15) is 5.69 Å². The maximum absolute atomic E-state index is 12.4. The number of carbonyl (C=O) groups excluding carboxylic acids is 1. The summed E-state index contributed by atoms with van der Waals surface area (Å²) in [6.45, 7) is 2.76. The molecule has 0 saturated carbocycles. The molecule has 1 aromatic heterocycles. The van der Waals surface area contributed by atoms with Gasteiger partial charge >= 0.3 is 0 Å². The van der Waals surface area contributed by atoms with Gasteiger partial charge in [-0.15, -0.1) is 0 Å². The second-order valence-electron chi connectivity index (χ2n) is 7.44. The second kappa shape index (κ2) is 6.88. The molecule has 3 heterocycles. The lowest BCUT2D eigenvalue weighted by atomic mass is 9.91. The number of amides is 1. The minimum Gasteiger partial charge on any atom is -0.454 e. The molecule has 1 aliphatic carbocycles. The van der Waals surface area contributed by atoms with Crippen LogP contribution in [0.15, 0.2) is 18.2 Å². The van der Waals surface area contributed by atoms with Crippen molar-refractivity contribution in [2.75, 3.05) is 19.9 Å². The van der Waals surface area contributed by atoms with Gasteiger partial charge in [-0.1, -0.05) is 6.07 Å². The van der Waals surface area contributed by atoms with Crippen LogP contribution in [0.25, 0.3) is 0 Å². The van der Waals surface area contributed by atoms with Gasteiger partial charge in [-0.05, 0) is 56.3 Å². The van der Waals surface area contributed by atoms with Gasteiger partial charge in [-0.3, -0.25) is 9.48 Å². The molecule has 5 rings (SSSR count). The summed E-state index contributed by atoms with van der Waals surface area (Å²) in [5.74, 6) is 1.69. The maximum atomic E-state index is 12.4. The number of aryl methyl sites for hydroxylation is 2. The molecule has 0 fully saturated rings. The molecule has 2 aromatic rings. The number of benzene rings is 1. The average molecular weight is 368 g/mol. The molecule has 7 heteroatoms. The average Bonchev–Trinajstić information content (AvgIpc) is 3.23. The first-order chi connectivity index (χ1) is 13.3. The molecule has 0 spiro atoms. The van der Waals surface area contributed by atoms with Crippen LogP contribution < -0.4 is 20.1 Å². The van der Waals surface area contributed by atoms with E-state index in [1.54, 1.807) is 0 Å². The summed E-state index contributed by atoms with van der Waals surface area (Å²) in [6.07, 6.45) is 4.75. The SMILES string of the molecule is O=C1NCCCn2nc3c(c21)CC(NCCc1ccc2c(c1)OCO2)CC3. The molecule has 1 unspecified atom stereocenters. The van der Waals surface area contributed by atoms with Crippen LogP contribution in [0.4, 0.5) is 0 Å². The van der Waals surface area contributed by atoms with Crippen molar-refractivity contribution < 1.29 is 14.3 Å². The maximum Gasteiger partial charge on any atom is 0.269 e. The fraction of sp³-hybridized carbons (Fsp3) is 0.500. The van der Waals surface area contributed by atoms with Crippen LogP contribution in [-0.4, -0.2) is 41.6 Å². The van der Waals surface area contributed by atoms with Gasteiger partial charge in [0, 0.05) is 24.7 Å². The van der Waals surface area contributed by atoms with Gasteiger partial charge in [0.05, 0.1) is 5.69 Å². The zero-order chi connectivity index (χ0) is 18.2. The Bertz CT molecular complexity index is 876. The van der Waals surface area contributed by atoms with Gasteiger partial charge in [0.15, 0.2) is 11.5 Å². The Labute approximate surface area is 158 Å². The zero-order valence-electron chi connectivity index (χ0n) is 15.3. The Hall–Kier alpha value is -2.54. The number of aromatic nitrogens is 2. The van der Waals surface area contributed by atoms with Crippen LogP contribution >= 0.6 is 0 Å². The van der Waals surface area contributed by atoms with E-state index in [0.717, 1.165) is 80.2 Å². The van der Waals surface area contributed by atoms with E-state index in [0.29, 0.717) is 12.8 Å². The minimum atomic E-state index is 0.0299. The van der Waals surface area contributed by atoms with Crippen molar-refractivity contribution in [3.8, 4) is 11.5 Å². The standard InChI is InChI=1S/C20H24N4O3/c25-20-19-15-11-14(3-4-16(15)23-24(19)9-1-7-22-20)21-8-6-13-2-5-17-18(10-13)27-12-26-17/h2,5,10,14,21H,1,3-4,6-9,11-12H2,(H,22,25). The molecule has 1 amide bonds. The summed E-state index contributed by atoms with van der Waals surface area (Å²) in [4.78, 5) is 12.4. The van der Waals surface area contributed by atoms with Crippen molar-refractivity contribution in [2.24, 2.45) is 0 Å². The molecule has 7 nitrogen and oxygen atoms in total. The second-order valence-corrected chi connectivity index (χ2v) is 7.44. The topological polar surface area (TPSA) is 77.4 Å². The van der Waals surface area contributed by atoms with Crippen LogP contribution in [0.2, 0.25) is 0 Å². The summed E-state index contributed by atoms with van der Waals surface area (Å²) in [6, 6.07) is 6.52. The van der Waals surface area contributed by atoms with E-state index < -0.39 is 0 Å². The van der Waals surface area contributed by atoms with E-state index in [1.165, 1.54) is 5.56 Å². The van der Waals surface area contributed by atoms with E-state index in [2.05, 4.69) is 22.8 Å². The van der Waals surface area contributed by atoms with Gasteiger partial charge in [0.2, 0.25) is 6.79 Å². The van der Waals surface area contributed by atoms with Gasteiger partial charge < -0.3 is 20.1 Å². The van der Waals surface area contributed by atoms with Crippen molar-refractivity contribution in [1.82, 2.24) is 20.4 Å². The van der Waals surface area contributed by atoms with E-state index in [1.807, 2.05) is 10.7 Å². The molecular weight excluding hydrogens is 344 g/mol. The highest BCUT2D eigenvalue weighted by Gasteiger charge is 2.29. The molecule has 2 N–H and O–H groups in total. The van der Waals surface area contributed by atoms with Gasteiger partial charge in [0.25, 0.3) is 5.91 Å². The lowest BCUT2D eigenvalue weighted by molar-refractivity contribution is 0.0949. The highest BCUT2D eigenvalue weighted by atomic mass is 16.7. The van der Waals surface area contributed by atoms with E-state index in [4.69, 9.17) is 14.6 Å². The summed E-state index contributed by atoms with van der Waals surface area (Å²) in [5, 5.41) is 11.4. The number of ether oxygens (including phenoxy) is 2. The number of fused-ring (bicyclic) bond motifs is 4. The first-order valence-electron chi connectivity index (χ1n) is 9.76. The van der Waals surface area contributed by atoms with Crippen molar-refractivity contribution in [1.29, 1.82) is 0 Å². The van der Waals surface area contributed by atoms with Gasteiger partial charge in [-0.25, -0.2) is 0 Å². The number of hydrogen-bond donors (Lipinski definition) is 2. The first kappa shape index (κ1) is 16.6.